The van der Waals surface area contributed by atoms with Crippen molar-refractivity contribution in [1.82, 2.24) is 14.5 Å². The first-order valence-corrected chi connectivity index (χ1v) is 5.19. The predicted molar refractivity (Wildman–Crippen MR) is 56.6 cm³/mol. The smallest absolute Gasteiger partial charge is 0.391 e. The van der Waals surface area contributed by atoms with Gasteiger partial charge in [-0.25, -0.2) is 0 Å². The first kappa shape index (κ1) is 11.7. The third kappa shape index (κ3) is 2.86. The van der Waals surface area contributed by atoms with Gasteiger partial charge < -0.3 is 15.2 Å². The molecule has 0 aromatic carbocycles. The standard InChI is InChI=1S/C9H12N4O4/c14-7(6-11-3-4-11)5-8(15)12-2-1-10-9(12)13(16)17/h1-2,7,14H,3-6H2. The Balaban J connectivity index is 1.98. The van der Waals surface area contributed by atoms with E-state index in [-0.39, 0.29) is 6.42 Å². The molecular weight excluding hydrogens is 228 g/mol. The van der Waals surface area contributed by atoms with Gasteiger partial charge in [-0.15, -0.1) is 0 Å². The number of aromatic nitrogens is 2. The second kappa shape index (κ2) is 4.60. The Morgan fingerprint density at radius 2 is 2.35 bits per heavy atom. The maximum absolute atomic E-state index is 11.7. The summed E-state index contributed by atoms with van der Waals surface area (Å²) in [6.07, 6.45) is 1.47. The van der Waals surface area contributed by atoms with Gasteiger partial charge in [-0.2, -0.15) is 4.57 Å². The summed E-state index contributed by atoms with van der Waals surface area (Å²) in [5.41, 5.74) is 0. The van der Waals surface area contributed by atoms with Gasteiger partial charge in [-0.3, -0.25) is 9.69 Å². The Hall–Kier alpha value is -1.80. The molecule has 2 heterocycles. The number of hydrogen-bond acceptors (Lipinski definition) is 6. The number of nitrogens with zero attached hydrogens (tertiary/aromatic N) is 4. The molecule has 1 N–H and O–H groups in total. The Bertz CT molecular complexity index is 440. The molecule has 8 nitrogen and oxygen atoms in total. The molecule has 1 aromatic heterocycles. The largest absolute Gasteiger partial charge is 0.441 e. The highest BCUT2D eigenvalue weighted by molar-refractivity contribution is 5.81. The third-order valence-corrected chi connectivity index (χ3v) is 2.47. The van der Waals surface area contributed by atoms with E-state index in [1.54, 1.807) is 0 Å². The topological polar surface area (TPSA) is 101 Å². The quantitative estimate of drug-likeness (QED) is 0.423. The molecule has 1 atom stereocenters. The SMILES string of the molecule is O=C(CC(O)CN1CC1)n1ccnc1[N+](=O)[O-]. The summed E-state index contributed by atoms with van der Waals surface area (Å²) in [5.74, 6) is -1.04. The average molecular weight is 240 g/mol. The van der Waals surface area contributed by atoms with Gasteiger partial charge in [0, 0.05) is 19.6 Å². The van der Waals surface area contributed by atoms with Crippen LogP contribution in [0.25, 0.3) is 0 Å². The molecule has 0 radical (unpaired) electrons. The van der Waals surface area contributed by atoms with E-state index in [1.807, 2.05) is 4.90 Å². The van der Waals surface area contributed by atoms with Crippen LogP contribution in [0, 0.1) is 10.1 Å². The van der Waals surface area contributed by atoms with Gasteiger partial charge in [0.1, 0.15) is 12.4 Å². The Labute approximate surface area is 96.6 Å². The fourth-order valence-corrected chi connectivity index (χ4v) is 1.54. The van der Waals surface area contributed by atoms with Gasteiger partial charge in [0.25, 0.3) is 5.91 Å². The minimum absolute atomic E-state index is 0.145. The van der Waals surface area contributed by atoms with Gasteiger partial charge in [0.05, 0.1) is 12.5 Å². The molecule has 1 aliphatic rings. The zero-order chi connectivity index (χ0) is 12.4. The van der Waals surface area contributed by atoms with Crippen LogP contribution in [0.15, 0.2) is 12.4 Å². The molecule has 0 saturated carbocycles. The summed E-state index contributed by atoms with van der Waals surface area (Å²) in [5, 5.41) is 20.2. The summed E-state index contributed by atoms with van der Waals surface area (Å²) in [4.78, 5) is 27.0. The number of imidazole rings is 1. The van der Waals surface area contributed by atoms with Crippen LogP contribution < -0.4 is 0 Å². The normalized spacial score (nSPS) is 16.8. The molecule has 0 spiro atoms. The van der Waals surface area contributed by atoms with E-state index >= 15 is 0 Å². The van der Waals surface area contributed by atoms with Gasteiger partial charge >= 0.3 is 5.95 Å². The van der Waals surface area contributed by atoms with Crippen molar-refractivity contribution in [3.05, 3.63) is 22.5 Å². The van der Waals surface area contributed by atoms with Crippen LogP contribution in [0.2, 0.25) is 0 Å². The van der Waals surface area contributed by atoms with Crippen LogP contribution in [0.3, 0.4) is 0 Å². The fourth-order valence-electron chi connectivity index (χ4n) is 1.54. The second-order valence-corrected chi connectivity index (χ2v) is 3.91. The minimum Gasteiger partial charge on any atom is -0.391 e. The number of aliphatic hydroxyl groups is 1. The fraction of sp³-hybridized carbons (Fsp3) is 0.556. The number of hydrogen-bond donors (Lipinski definition) is 1. The van der Waals surface area contributed by atoms with Crippen molar-refractivity contribution in [2.45, 2.75) is 12.5 Å². The molecule has 2 rings (SSSR count). The van der Waals surface area contributed by atoms with Crippen LogP contribution in [0.5, 0.6) is 0 Å². The van der Waals surface area contributed by atoms with Crippen molar-refractivity contribution in [3.63, 3.8) is 0 Å². The molecular formula is C9H12N4O4. The highest BCUT2D eigenvalue weighted by Gasteiger charge is 2.26. The van der Waals surface area contributed by atoms with Gasteiger partial charge in [-0.05, 0) is 4.92 Å². The molecule has 8 heteroatoms. The van der Waals surface area contributed by atoms with Crippen molar-refractivity contribution >= 4 is 11.9 Å². The maximum atomic E-state index is 11.7. The maximum Gasteiger partial charge on any atom is 0.441 e. The summed E-state index contributed by atoms with van der Waals surface area (Å²) in [6.45, 7) is 2.28. The molecule has 0 bridgehead atoms. The molecule has 17 heavy (non-hydrogen) atoms. The number of aliphatic hydroxyl groups excluding tert-OH is 1. The molecule has 0 aliphatic carbocycles. The molecule has 1 saturated heterocycles. The van der Waals surface area contributed by atoms with Crippen molar-refractivity contribution in [1.29, 1.82) is 0 Å². The number of carbonyl (C=O) groups excluding carboxylic acids is 1. The number of β-amino-alcohol motifs (C(OH)–C–C–N with tert-alkyl or cyclic N) is 1. The van der Waals surface area contributed by atoms with Gasteiger partial charge in [0.2, 0.25) is 0 Å². The van der Waals surface area contributed by atoms with Crippen molar-refractivity contribution in [3.8, 4) is 0 Å². The van der Waals surface area contributed by atoms with Crippen molar-refractivity contribution in [2.24, 2.45) is 0 Å². The van der Waals surface area contributed by atoms with E-state index in [9.17, 15) is 20.0 Å². The van der Waals surface area contributed by atoms with Crippen LogP contribution in [0.4, 0.5) is 5.95 Å². The predicted octanol–water partition coefficient (Wildman–Crippen LogP) is -0.502. The zero-order valence-corrected chi connectivity index (χ0v) is 9.02. The Morgan fingerprint density at radius 1 is 1.65 bits per heavy atom. The lowest BCUT2D eigenvalue weighted by molar-refractivity contribution is -0.395. The summed E-state index contributed by atoms with van der Waals surface area (Å²) < 4.78 is 0.853. The Kier molecular flexibility index (Phi) is 3.16. The molecule has 92 valence electrons. The summed E-state index contributed by atoms with van der Waals surface area (Å²) in [7, 11) is 0. The molecule has 1 aromatic rings. The highest BCUT2D eigenvalue weighted by atomic mass is 16.6. The minimum atomic E-state index is -0.799. The van der Waals surface area contributed by atoms with Crippen LogP contribution in [0.1, 0.15) is 11.2 Å². The molecule has 1 fully saturated rings. The lowest BCUT2D eigenvalue weighted by Crippen LogP contribution is -2.25. The van der Waals surface area contributed by atoms with Crippen LogP contribution in [-0.2, 0) is 0 Å². The van der Waals surface area contributed by atoms with Crippen molar-refractivity contribution in [2.75, 3.05) is 19.6 Å². The van der Waals surface area contributed by atoms with E-state index in [0.717, 1.165) is 17.7 Å². The summed E-state index contributed by atoms with van der Waals surface area (Å²) >= 11 is 0. The Morgan fingerprint density at radius 3 is 2.94 bits per heavy atom. The van der Waals surface area contributed by atoms with Crippen LogP contribution in [-0.4, -0.2) is 56.1 Å². The van der Waals surface area contributed by atoms with Gasteiger partial charge in [0.15, 0.2) is 0 Å². The van der Waals surface area contributed by atoms with E-state index in [4.69, 9.17) is 0 Å². The first-order chi connectivity index (χ1) is 8.08. The van der Waals surface area contributed by atoms with Gasteiger partial charge in [-0.1, -0.05) is 4.98 Å². The highest BCUT2D eigenvalue weighted by Crippen LogP contribution is 2.11. The molecule has 0 amide bonds. The van der Waals surface area contributed by atoms with E-state index in [2.05, 4.69) is 4.98 Å². The lowest BCUT2D eigenvalue weighted by atomic mass is 10.2. The van der Waals surface area contributed by atoms with Crippen molar-refractivity contribution < 1.29 is 14.8 Å². The van der Waals surface area contributed by atoms with E-state index < -0.39 is 22.9 Å². The monoisotopic (exact) mass is 240 g/mol. The third-order valence-electron chi connectivity index (χ3n) is 2.47. The second-order valence-electron chi connectivity index (χ2n) is 3.91. The lowest BCUT2D eigenvalue weighted by Gasteiger charge is -2.08. The number of rotatable bonds is 5. The van der Waals surface area contributed by atoms with E-state index in [0.29, 0.717) is 6.54 Å². The first-order valence-electron chi connectivity index (χ1n) is 5.19. The molecule has 1 aliphatic heterocycles. The number of carbonyl (C=O) groups is 1. The zero-order valence-electron chi connectivity index (χ0n) is 9.02. The number of nitro groups is 1. The van der Waals surface area contributed by atoms with Crippen LogP contribution >= 0.6 is 0 Å². The average Bonchev–Trinajstić information content (AvgIpc) is 2.92. The molecule has 1 unspecified atom stereocenters. The van der Waals surface area contributed by atoms with E-state index in [1.165, 1.54) is 12.4 Å². The summed E-state index contributed by atoms with van der Waals surface area (Å²) in [6, 6.07) is 0.